The molecule has 3 unspecified atom stereocenters. The number of nitrogens with one attached hydrogen (secondary N) is 1. The van der Waals surface area contributed by atoms with Crippen molar-refractivity contribution in [3.05, 3.63) is 42.7 Å². The van der Waals surface area contributed by atoms with E-state index >= 15 is 0 Å². The van der Waals surface area contributed by atoms with Crippen LogP contribution in [0, 0.1) is 11.3 Å². The molecule has 1 aliphatic carbocycles. The van der Waals surface area contributed by atoms with E-state index in [9.17, 15) is 4.79 Å². The van der Waals surface area contributed by atoms with Gasteiger partial charge in [0.05, 0.1) is 11.8 Å². The largest absolute Gasteiger partial charge is 0.377 e. The van der Waals surface area contributed by atoms with E-state index in [4.69, 9.17) is 10.5 Å². The number of amides is 1. The minimum Gasteiger partial charge on any atom is -0.377 e. The molecular weight excluding hydrogens is 316 g/mol. The predicted octanol–water partition coefficient (Wildman–Crippen LogP) is 2.34. The maximum atomic E-state index is 13.1. The monoisotopic (exact) mass is 340 g/mol. The molecular formula is C19H24N4O2. The molecule has 1 aromatic heterocycles. The lowest BCUT2D eigenvalue weighted by Gasteiger charge is -2.65. The van der Waals surface area contributed by atoms with Crippen LogP contribution < -0.4 is 11.1 Å². The Morgan fingerprint density at radius 2 is 2.24 bits per heavy atom. The van der Waals surface area contributed by atoms with Gasteiger partial charge in [0.15, 0.2) is 0 Å². The van der Waals surface area contributed by atoms with E-state index in [1.54, 1.807) is 10.9 Å². The van der Waals surface area contributed by atoms with Crippen LogP contribution in [0.25, 0.3) is 5.69 Å². The third-order valence-electron chi connectivity index (χ3n) is 5.93. The van der Waals surface area contributed by atoms with Crippen LogP contribution in [0.1, 0.15) is 26.7 Å². The fourth-order valence-electron chi connectivity index (χ4n) is 4.42. The number of carbonyl (C=O) groups is 1. The van der Waals surface area contributed by atoms with Crippen LogP contribution in [0.15, 0.2) is 42.7 Å². The molecule has 1 aromatic carbocycles. The van der Waals surface area contributed by atoms with Crippen molar-refractivity contribution in [2.45, 2.75) is 38.3 Å². The lowest BCUT2D eigenvalue weighted by molar-refractivity contribution is -0.222. The van der Waals surface area contributed by atoms with Gasteiger partial charge in [0.1, 0.15) is 5.54 Å². The topological polar surface area (TPSA) is 82.2 Å². The van der Waals surface area contributed by atoms with Gasteiger partial charge < -0.3 is 15.8 Å². The number of hydrogen-bond donors (Lipinski definition) is 2. The summed E-state index contributed by atoms with van der Waals surface area (Å²) in [6.07, 6.45) is 5.54. The van der Waals surface area contributed by atoms with Crippen LogP contribution in [0.5, 0.6) is 0 Å². The Hall–Kier alpha value is -2.18. The smallest absolute Gasteiger partial charge is 0.245 e. The average molecular weight is 340 g/mol. The fourth-order valence-corrected chi connectivity index (χ4v) is 4.42. The molecule has 1 saturated carbocycles. The Balaban J connectivity index is 1.57. The van der Waals surface area contributed by atoms with Gasteiger partial charge in [-0.15, -0.1) is 0 Å². The Labute approximate surface area is 147 Å². The quantitative estimate of drug-likeness (QED) is 0.898. The molecule has 132 valence electrons. The molecule has 2 heterocycles. The molecule has 2 aliphatic rings. The van der Waals surface area contributed by atoms with Gasteiger partial charge in [-0.3, -0.25) is 4.79 Å². The summed E-state index contributed by atoms with van der Waals surface area (Å²) in [7, 11) is 0. The maximum absolute atomic E-state index is 13.1. The summed E-state index contributed by atoms with van der Waals surface area (Å²) in [6.45, 7) is 4.81. The summed E-state index contributed by atoms with van der Waals surface area (Å²) >= 11 is 0. The number of ether oxygens (including phenoxy) is 1. The van der Waals surface area contributed by atoms with Gasteiger partial charge in [-0.25, -0.2) is 4.68 Å². The molecule has 0 radical (unpaired) electrons. The van der Waals surface area contributed by atoms with Crippen molar-refractivity contribution in [1.29, 1.82) is 0 Å². The van der Waals surface area contributed by atoms with Gasteiger partial charge in [0, 0.05) is 36.0 Å². The van der Waals surface area contributed by atoms with Crippen LogP contribution in [0.3, 0.4) is 0 Å². The zero-order valence-corrected chi connectivity index (χ0v) is 14.6. The first-order valence-electron chi connectivity index (χ1n) is 8.76. The number of fused-ring (bicyclic) bond motifs is 1. The van der Waals surface area contributed by atoms with Gasteiger partial charge in [-0.05, 0) is 37.1 Å². The van der Waals surface area contributed by atoms with Gasteiger partial charge in [-0.1, -0.05) is 19.9 Å². The van der Waals surface area contributed by atoms with Crippen LogP contribution in [0.2, 0.25) is 0 Å². The maximum Gasteiger partial charge on any atom is 0.245 e. The van der Waals surface area contributed by atoms with Gasteiger partial charge in [0.25, 0.3) is 0 Å². The van der Waals surface area contributed by atoms with E-state index in [0.717, 1.165) is 30.8 Å². The first kappa shape index (κ1) is 16.3. The molecule has 6 nitrogen and oxygen atoms in total. The normalized spacial score (nSPS) is 30.2. The summed E-state index contributed by atoms with van der Waals surface area (Å²) in [5, 5.41) is 7.24. The molecule has 2 fully saturated rings. The highest BCUT2D eigenvalue weighted by atomic mass is 16.5. The highest BCUT2D eigenvalue weighted by Crippen LogP contribution is 2.57. The van der Waals surface area contributed by atoms with Gasteiger partial charge in [0.2, 0.25) is 5.91 Å². The van der Waals surface area contributed by atoms with Crippen molar-refractivity contribution in [1.82, 2.24) is 9.78 Å². The second-order valence-electron chi connectivity index (χ2n) is 7.59. The van der Waals surface area contributed by atoms with Crippen molar-refractivity contribution in [2.75, 3.05) is 11.9 Å². The van der Waals surface area contributed by atoms with E-state index in [1.165, 1.54) is 0 Å². The van der Waals surface area contributed by atoms with E-state index in [2.05, 4.69) is 10.4 Å². The Kier molecular flexibility index (Phi) is 3.70. The van der Waals surface area contributed by atoms with E-state index in [0.29, 0.717) is 0 Å². The zero-order valence-electron chi connectivity index (χ0n) is 14.6. The first-order valence-corrected chi connectivity index (χ1v) is 8.76. The molecule has 0 bridgehead atoms. The van der Waals surface area contributed by atoms with Crippen LogP contribution >= 0.6 is 0 Å². The Morgan fingerprint density at radius 3 is 3.00 bits per heavy atom. The van der Waals surface area contributed by atoms with Gasteiger partial charge >= 0.3 is 0 Å². The second-order valence-corrected chi connectivity index (χ2v) is 7.59. The highest BCUT2D eigenvalue weighted by molar-refractivity contribution is 6.00. The summed E-state index contributed by atoms with van der Waals surface area (Å²) in [5.41, 5.74) is 6.96. The third-order valence-corrected chi connectivity index (χ3v) is 5.93. The SMILES string of the molecule is CC1(C)C2OCCCC2C1(N)C(=O)Nc1cccc(-n2cccn2)c1. The summed E-state index contributed by atoms with van der Waals surface area (Å²) in [6, 6.07) is 9.47. The third kappa shape index (κ3) is 2.32. The Morgan fingerprint density at radius 1 is 1.40 bits per heavy atom. The summed E-state index contributed by atoms with van der Waals surface area (Å²) in [4.78, 5) is 13.1. The molecule has 1 amide bonds. The number of hydrogen-bond acceptors (Lipinski definition) is 4. The summed E-state index contributed by atoms with van der Waals surface area (Å²) in [5.74, 6) is -0.0626. The number of nitrogens with zero attached hydrogens (tertiary/aromatic N) is 2. The predicted molar refractivity (Wildman–Crippen MR) is 95.4 cm³/mol. The van der Waals surface area contributed by atoms with Gasteiger partial charge in [-0.2, -0.15) is 5.10 Å². The number of rotatable bonds is 3. The van der Waals surface area contributed by atoms with E-state index in [-0.39, 0.29) is 23.3 Å². The van der Waals surface area contributed by atoms with Crippen molar-refractivity contribution in [3.63, 3.8) is 0 Å². The van der Waals surface area contributed by atoms with Crippen LogP contribution in [0.4, 0.5) is 5.69 Å². The Bertz CT molecular complexity index is 786. The van der Waals surface area contributed by atoms with Crippen molar-refractivity contribution in [3.8, 4) is 5.69 Å². The van der Waals surface area contributed by atoms with Crippen molar-refractivity contribution < 1.29 is 9.53 Å². The number of benzene rings is 1. The second kappa shape index (κ2) is 5.68. The molecule has 1 aliphatic heterocycles. The fraction of sp³-hybridized carbons (Fsp3) is 0.474. The number of anilines is 1. The number of aromatic nitrogens is 2. The van der Waals surface area contributed by atoms with Crippen molar-refractivity contribution >= 4 is 11.6 Å². The molecule has 25 heavy (non-hydrogen) atoms. The molecule has 2 aromatic rings. The van der Waals surface area contributed by atoms with Crippen LogP contribution in [-0.2, 0) is 9.53 Å². The van der Waals surface area contributed by atoms with Crippen LogP contribution in [-0.4, -0.2) is 33.9 Å². The number of carbonyl (C=O) groups excluding carboxylic acids is 1. The lowest BCUT2D eigenvalue weighted by Crippen LogP contribution is -2.81. The van der Waals surface area contributed by atoms with Crippen molar-refractivity contribution in [2.24, 2.45) is 17.1 Å². The minimum atomic E-state index is -0.917. The minimum absolute atomic E-state index is 0.0624. The first-order chi connectivity index (χ1) is 11.9. The lowest BCUT2D eigenvalue weighted by atomic mass is 9.46. The molecule has 4 rings (SSSR count). The molecule has 3 N–H and O–H groups in total. The molecule has 6 heteroatoms. The molecule has 3 atom stereocenters. The van der Waals surface area contributed by atoms with E-state index < -0.39 is 5.54 Å². The highest BCUT2D eigenvalue weighted by Gasteiger charge is 2.70. The molecule has 0 spiro atoms. The molecule has 1 saturated heterocycles. The number of nitrogens with two attached hydrogens (primary N) is 1. The standard InChI is InChI=1S/C19H24N4O2/c1-18(2)16-15(8-4-11-25-16)19(18,20)17(24)22-13-6-3-7-14(12-13)23-10-5-9-21-23/h3,5-7,9-10,12,15-16H,4,8,11,20H2,1-2H3,(H,22,24). The van der Waals surface area contributed by atoms with E-state index in [1.807, 2.05) is 50.4 Å². The summed E-state index contributed by atoms with van der Waals surface area (Å²) < 4.78 is 7.64. The average Bonchev–Trinajstić information content (AvgIpc) is 3.16. The zero-order chi connectivity index (χ0) is 17.7.